The number of aliphatic hydroxyl groups is 2. The van der Waals surface area contributed by atoms with Crippen LogP contribution in [0.25, 0.3) is 0 Å². The lowest BCUT2D eigenvalue weighted by Crippen LogP contribution is -2.17. The predicted molar refractivity (Wildman–Crippen MR) is 118 cm³/mol. The van der Waals surface area contributed by atoms with Crippen LogP contribution in [-0.4, -0.2) is 48.9 Å². The van der Waals surface area contributed by atoms with E-state index in [-0.39, 0.29) is 36.2 Å². The molecule has 10 heteroatoms. The molecule has 3 rings (SSSR count). The van der Waals surface area contributed by atoms with E-state index in [4.69, 9.17) is 14.6 Å². The topological polar surface area (TPSA) is 131 Å². The van der Waals surface area contributed by atoms with Gasteiger partial charge in [0.2, 0.25) is 5.88 Å². The Morgan fingerprint density at radius 2 is 1.81 bits per heavy atom. The number of nitrogens with zero attached hydrogens (tertiary/aromatic N) is 2. The van der Waals surface area contributed by atoms with E-state index >= 15 is 0 Å². The molecule has 1 heterocycles. The van der Waals surface area contributed by atoms with E-state index in [9.17, 15) is 13.5 Å². The van der Waals surface area contributed by atoms with Gasteiger partial charge in [0.25, 0.3) is 10.0 Å². The van der Waals surface area contributed by atoms with Gasteiger partial charge in [0.05, 0.1) is 30.3 Å². The number of rotatable bonds is 10. The van der Waals surface area contributed by atoms with Crippen LogP contribution in [0.5, 0.6) is 11.6 Å². The molecule has 0 amide bonds. The van der Waals surface area contributed by atoms with Gasteiger partial charge in [-0.3, -0.25) is 4.72 Å². The van der Waals surface area contributed by atoms with E-state index in [1.165, 1.54) is 18.5 Å². The van der Waals surface area contributed by atoms with Gasteiger partial charge in [-0.05, 0) is 36.2 Å². The van der Waals surface area contributed by atoms with Crippen molar-refractivity contribution in [2.24, 2.45) is 0 Å². The van der Waals surface area contributed by atoms with E-state index < -0.39 is 16.1 Å². The largest absolute Gasteiger partial charge is 0.496 e. The Labute approximate surface area is 186 Å². The first kappa shape index (κ1) is 23.5. The smallest absolute Gasteiger partial charge is 0.263 e. The van der Waals surface area contributed by atoms with Gasteiger partial charge in [-0.15, -0.1) is 0 Å². The van der Waals surface area contributed by atoms with Gasteiger partial charge in [-0.2, -0.15) is 0 Å². The third-order valence-corrected chi connectivity index (χ3v) is 6.05. The van der Waals surface area contributed by atoms with Crippen molar-refractivity contribution in [3.8, 4) is 11.6 Å². The van der Waals surface area contributed by atoms with E-state index in [1.54, 1.807) is 32.2 Å². The molecule has 1 aromatic heterocycles. The molecule has 170 valence electrons. The lowest BCUT2D eigenvalue weighted by atomic mass is 10.1. The number of nitrogens with one attached hydrogen (secondary N) is 1. The minimum Gasteiger partial charge on any atom is -0.496 e. The zero-order valence-electron chi connectivity index (χ0n) is 17.7. The fourth-order valence-corrected chi connectivity index (χ4v) is 4.10. The number of aromatic nitrogens is 2. The number of hydrogen-bond acceptors (Lipinski definition) is 8. The Morgan fingerprint density at radius 1 is 1.09 bits per heavy atom. The molecule has 0 aliphatic heterocycles. The molecule has 0 saturated heterocycles. The molecule has 1 atom stereocenters. The third-order valence-electron chi connectivity index (χ3n) is 4.70. The van der Waals surface area contributed by atoms with E-state index in [0.717, 1.165) is 5.56 Å². The summed E-state index contributed by atoms with van der Waals surface area (Å²) in [5.41, 5.74) is 1.78. The number of para-hydroxylation sites is 1. The van der Waals surface area contributed by atoms with Crippen LogP contribution in [-0.2, 0) is 16.4 Å². The normalized spacial score (nSPS) is 12.2. The fraction of sp³-hybridized carbons (Fsp3) is 0.273. The van der Waals surface area contributed by atoms with Crippen LogP contribution in [0, 0.1) is 0 Å². The second-order valence-electron chi connectivity index (χ2n) is 6.92. The summed E-state index contributed by atoms with van der Waals surface area (Å²) < 4.78 is 39.4. The van der Waals surface area contributed by atoms with Crippen molar-refractivity contribution < 1.29 is 28.1 Å². The Hall–Kier alpha value is -3.21. The molecule has 1 unspecified atom stereocenters. The van der Waals surface area contributed by atoms with Crippen molar-refractivity contribution in [1.82, 2.24) is 9.97 Å². The number of methoxy groups -OCH3 is 1. The molecule has 9 nitrogen and oxygen atoms in total. The molecular weight excluding hydrogens is 434 g/mol. The van der Waals surface area contributed by atoms with E-state index in [1.807, 2.05) is 18.2 Å². The van der Waals surface area contributed by atoms with Crippen molar-refractivity contribution in [2.45, 2.75) is 24.3 Å². The van der Waals surface area contributed by atoms with Crippen LogP contribution in [0.4, 0.5) is 5.82 Å². The number of hydrogen-bond donors (Lipinski definition) is 3. The number of ether oxygens (including phenoxy) is 2. The maximum absolute atomic E-state index is 13.0. The molecule has 0 spiro atoms. The highest BCUT2D eigenvalue weighted by Gasteiger charge is 2.21. The van der Waals surface area contributed by atoms with Crippen LogP contribution in [0.3, 0.4) is 0 Å². The summed E-state index contributed by atoms with van der Waals surface area (Å²) in [7, 11) is -2.44. The summed E-state index contributed by atoms with van der Waals surface area (Å²) >= 11 is 0. The monoisotopic (exact) mass is 459 g/mol. The Kier molecular flexibility index (Phi) is 7.62. The highest BCUT2D eigenvalue weighted by molar-refractivity contribution is 7.92. The third kappa shape index (κ3) is 5.52. The second-order valence-corrected chi connectivity index (χ2v) is 8.60. The summed E-state index contributed by atoms with van der Waals surface area (Å²) in [6.07, 6.45) is 0.706. The zero-order chi connectivity index (χ0) is 23.1. The number of benzene rings is 2. The van der Waals surface area contributed by atoms with Crippen molar-refractivity contribution in [1.29, 1.82) is 0 Å². The van der Waals surface area contributed by atoms with Crippen molar-refractivity contribution >= 4 is 15.8 Å². The van der Waals surface area contributed by atoms with Crippen LogP contribution < -0.4 is 14.2 Å². The zero-order valence-corrected chi connectivity index (χ0v) is 18.5. The molecule has 0 bridgehead atoms. The van der Waals surface area contributed by atoms with Gasteiger partial charge >= 0.3 is 0 Å². The van der Waals surface area contributed by atoms with Gasteiger partial charge < -0.3 is 19.7 Å². The average Bonchev–Trinajstić information content (AvgIpc) is 2.79. The van der Waals surface area contributed by atoms with Crippen molar-refractivity contribution in [3.05, 3.63) is 71.5 Å². The Balaban J connectivity index is 1.99. The first-order valence-corrected chi connectivity index (χ1v) is 11.3. The van der Waals surface area contributed by atoms with E-state index in [2.05, 4.69) is 14.7 Å². The van der Waals surface area contributed by atoms with Gasteiger partial charge in [-0.1, -0.05) is 30.3 Å². The Morgan fingerprint density at radius 3 is 2.47 bits per heavy atom. The first-order chi connectivity index (χ1) is 15.4. The molecule has 0 saturated carbocycles. The maximum atomic E-state index is 13.0. The molecule has 0 radical (unpaired) electrons. The van der Waals surface area contributed by atoms with Gasteiger partial charge in [-0.25, -0.2) is 18.4 Å². The van der Waals surface area contributed by atoms with Gasteiger partial charge in [0, 0.05) is 6.42 Å². The summed E-state index contributed by atoms with van der Waals surface area (Å²) in [5.74, 6) is 0.826. The molecule has 0 aliphatic carbocycles. The fourth-order valence-electron chi connectivity index (χ4n) is 3.06. The molecule has 0 aliphatic rings. The minimum absolute atomic E-state index is 0.0110. The number of aliphatic hydroxyl groups excluding tert-OH is 2. The van der Waals surface area contributed by atoms with Gasteiger partial charge in [0.1, 0.15) is 18.7 Å². The molecule has 3 N–H and O–H groups in total. The molecular formula is C22H25N3O6S. The maximum Gasteiger partial charge on any atom is 0.263 e. The van der Waals surface area contributed by atoms with Crippen LogP contribution in [0.2, 0.25) is 0 Å². The first-order valence-electron chi connectivity index (χ1n) is 9.86. The summed E-state index contributed by atoms with van der Waals surface area (Å²) in [5, 5.41) is 18.8. The highest BCUT2D eigenvalue weighted by Crippen LogP contribution is 2.30. The molecule has 3 aromatic rings. The quantitative estimate of drug-likeness (QED) is 0.421. The SMILES string of the molecule is COc1ccccc1Cc1c(NS(=O)(=O)c2ccc(C(C)O)cc2)ncnc1OCCO. The van der Waals surface area contributed by atoms with Crippen LogP contribution in [0.15, 0.2) is 59.8 Å². The lowest BCUT2D eigenvalue weighted by molar-refractivity contribution is 0.195. The molecule has 2 aromatic carbocycles. The number of sulfonamides is 1. The Bertz CT molecular complexity index is 1150. The van der Waals surface area contributed by atoms with Crippen molar-refractivity contribution in [2.75, 3.05) is 25.0 Å². The minimum atomic E-state index is -3.98. The van der Waals surface area contributed by atoms with Crippen LogP contribution in [0.1, 0.15) is 29.7 Å². The van der Waals surface area contributed by atoms with Crippen molar-refractivity contribution in [3.63, 3.8) is 0 Å². The van der Waals surface area contributed by atoms with Crippen LogP contribution >= 0.6 is 0 Å². The predicted octanol–water partition coefficient (Wildman–Crippen LogP) is 2.30. The highest BCUT2D eigenvalue weighted by atomic mass is 32.2. The second kappa shape index (κ2) is 10.4. The summed E-state index contributed by atoms with van der Waals surface area (Å²) in [6.45, 7) is 1.36. The van der Waals surface area contributed by atoms with Gasteiger partial charge in [0.15, 0.2) is 5.82 Å². The number of anilines is 1. The standard InChI is InChI=1S/C22H25N3O6S/c1-15(27)16-7-9-18(10-8-16)32(28,29)25-21-19(22(24-14-23-21)31-12-11-26)13-17-5-3-4-6-20(17)30-2/h3-10,14-15,26-27H,11-13H2,1-2H3,(H,23,24,25). The lowest BCUT2D eigenvalue weighted by Gasteiger charge is -2.16. The summed E-state index contributed by atoms with van der Waals surface area (Å²) in [4.78, 5) is 8.26. The summed E-state index contributed by atoms with van der Waals surface area (Å²) in [6, 6.07) is 13.2. The molecule has 32 heavy (non-hydrogen) atoms. The molecule has 0 fully saturated rings. The average molecular weight is 460 g/mol. The van der Waals surface area contributed by atoms with E-state index in [0.29, 0.717) is 16.9 Å².